The predicted octanol–water partition coefficient (Wildman–Crippen LogP) is 2.41. The van der Waals surface area contributed by atoms with Crippen molar-refractivity contribution in [2.24, 2.45) is 5.73 Å². The molecule has 0 aliphatic carbocycles. The second kappa shape index (κ2) is 7.13. The summed E-state index contributed by atoms with van der Waals surface area (Å²) < 4.78 is 5.38. The molecule has 1 aliphatic rings. The van der Waals surface area contributed by atoms with Crippen LogP contribution in [0.4, 0.5) is 0 Å². The minimum absolute atomic E-state index is 0.0661. The van der Waals surface area contributed by atoms with Crippen LogP contribution in [0.25, 0.3) is 0 Å². The lowest BCUT2D eigenvalue weighted by Crippen LogP contribution is -2.46. The van der Waals surface area contributed by atoms with Crippen LogP contribution in [0.15, 0.2) is 30.3 Å². The number of nitrogens with zero attached hydrogens (tertiary/aromatic N) is 1. The van der Waals surface area contributed by atoms with Gasteiger partial charge in [-0.15, -0.1) is 0 Å². The number of nitrogens with two attached hydrogens (primary N) is 1. The van der Waals surface area contributed by atoms with Gasteiger partial charge in [0.2, 0.25) is 5.91 Å². The largest absolute Gasteiger partial charge is 0.459 e. The van der Waals surface area contributed by atoms with Crippen LogP contribution in [0.1, 0.15) is 51.6 Å². The molecule has 1 fully saturated rings. The summed E-state index contributed by atoms with van der Waals surface area (Å²) >= 11 is 0. The summed E-state index contributed by atoms with van der Waals surface area (Å²) in [5.74, 6) is -0.580. The molecule has 5 heteroatoms. The highest BCUT2D eigenvalue weighted by molar-refractivity contribution is 5.86. The minimum Gasteiger partial charge on any atom is -0.459 e. The van der Waals surface area contributed by atoms with Gasteiger partial charge in [-0.2, -0.15) is 0 Å². The number of hydrogen-bond donors (Lipinski definition) is 1. The maximum atomic E-state index is 12.6. The molecule has 0 spiro atoms. The van der Waals surface area contributed by atoms with Crippen molar-refractivity contribution in [3.05, 3.63) is 35.9 Å². The smallest absolute Gasteiger partial charge is 0.326 e. The van der Waals surface area contributed by atoms with Gasteiger partial charge in [-0.1, -0.05) is 30.3 Å². The summed E-state index contributed by atoms with van der Waals surface area (Å²) in [7, 11) is 0. The fourth-order valence-corrected chi connectivity index (χ4v) is 2.90. The molecule has 0 bridgehead atoms. The third kappa shape index (κ3) is 4.79. The highest BCUT2D eigenvalue weighted by Gasteiger charge is 2.34. The van der Waals surface area contributed by atoms with Crippen molar-refractivity contribution in [3.63, 3.8) is 0 Å². The second-order valence-electron chi connectivity index (χ2n) is 7.02. The molecule has 0 saturated carbocycles. The van der Waals surface area contributed by atoms with E-state index in [4.69, 9.17) is 10.5 Å². The molecule has 0 aromatic heterocycles. The van der Waals surface area contributed by atoms with Crippen LogP contribution in [0.3, 0.4) is 0 Å². The quantitative estimate of drug-likeness (QED) is 0.869. The molecule has 1 heterocycles. The molecular formula is C18H26N2O3. The van der Waals surface area contributed by atoms with Crippen molar-refractivity contribution in [2.75, 3.05) is 6.54 Å². The first-order valence-corrected chi connectivity index (χ1v) is 8.11. The lowest BCUT2D eigenvalue weighted by Gasteiger charge is -2.32. The van der Waals surface area contributed by atoms with Gasteiger partial charge in [0.1, 0.15) is 12.1 Å². The van der Waals surface area contributed by atoms with E-state index in [9.17, 15) is 9.59 Å². The van der Waals surface area contributed by atoms with Gasteiger partial charge in [0.15, 0.2) is 0 Å². The topological polar surface area (TPSA) is 72.6 Å². The molecule has 1 aliphatic heterocycles. The Morgan fingerprint density at radius 3 is 2.52 bits per heavy atom. The number of esters is 1. The van der Waals surface area contributed by atoms with E-state index in [1.165, 1.54) is 0 Å². The molecule has 5 nitrogen and oxygen atoms in total. The van der Waals surface area contributed by atoms with E-state index in [2.05, 4.69) is 0 Å². The van der Waals surface area contributed by atoms with Gasteiger partial charge < -0.3 is 15.4 Å². The Bertz CT molecular complexity index is 551. The summed E-state index contributed by atoms with van der Waals surface area (Å²) in [5, 5.41) is 0. The van der Waals surface area contributed by atoms with E-state index in [0.717, 1.165) is 18.4 Å². The SMILES string of the molecule is CC(C)(C)OC(=O)CN1C(=O)C(N)CCCC1c1ccccc1. The number of ether oxygens (including phenoxy) is 1. The van der Waals surface area contributed by atoms with E-state index in [1.54, 1.807) is 4.90 Å². The number of benzene rings is 1. The number of amides is 1. The molecule has 2 N–H and O–H groups in total. The molecule has 2 unspecified atom stereocenters. The molecule has 2 rings (SSSR count). The Hall–Kier alpha value is -1.88. The van der Waals surface area contributed by atoms with E-state index in [-0.39, 0.29) is 18.5 Å². The zero-order chi connectivity index (χ0) is 17.0. The first kappa shape index (κ1) is 17.5. The standard InChI is InChI=1S/C18H26N2O3/c1-18(2,3)23-16(21)12-20-15(13-8-5-4-6-9-13)11-7-10-14(19)17(20)22/h4-6,8-9,14-15H,7,10-12,19H2,1-3H3. The Balaban J connectivity index is 2.24. The zero-order valence-electron chi connectivity index (χ0n) is 14.1. The Morgan fingerprint density at radius 1 is 1.26 bits per heavy atom. The van der Waals surface area contributed by atoms with Crippen LogP contribution in [-0.2, 0) is 14.3 Å². The first-order valence-electron chi connectivity index (χ1n) is 8.11. The molecule has 1 saturated heterocycles. The monoisotopic (exact) mass is 318 g/mol. The van der Waals surface area contributed by atoms with E-state index >= 15 is 0 Å². The molecule has 23 heavy (non-hydrogen) atoms. The fourth-order valence-electron chi connectivity index (χ4n) is 2.90. The number of rotatable bonds is 3. The summed E-state index contributed by atoms with van der Waals surface area (Å²) in [6.45, 7) is 5.38. The molecular weight excluding hydrogens is 292 g/mol. The van der Waals surface area contributed by atoms with Crippen molar-refractivity contribution in [1.82, 2.24) is 4.90 Å². The predicted molar refractivity (Wildman–Crippen MR) is 88.6 cm³/mol. The lowest BCUT2D eigenvalue weighted by atomic mass is 10.0. The maximum absolute atomic E-state index is 12.6. The van der Waals surface area contributed by atoms with Crippen molar-refractivity contribution in [3.8, 4) is 0 Å². The van der Waals surface area contributed by atoms with Crippen LogP contribution in [0, 0.1) is 0 Å². The van der Waals surface area contributed by atoms with Gasteiger partial charge in [0.25, 0.3) is 0 Å². The second-order valence-corrected chi connectivity index (χ2v) is 7.02. The van der Waals surface area contributed by atoms with Crippen LogP contribution in [0.2, 0.25) is 0 Å². The van der Waals surface area contributed by atoms with Gasteiger partial charge >= 0.3 is 5.97 Å². The summed E-state index contributed by atoms with van der Waals surface area (Å²) in [4.78, 5) is 26.4. The van der Waals surface area contributed by atoms with Gasteiger partial charge in [-0.05, 0) is 45.6 Å². The van der Waals surface area contributed by atoms with Crippen molar-refractivity contribution in [1.29, 1.82) is 0 Å². The van der Waals surface area contributed by atoms with E-state index in [1.807, 2.05) is 51.1 Å². The van der Waals surface area contributed by atoms with Crippen molar-refractivity contribution in [2.45, 2.75) is 57.7 Å². The fraction of sp³-hybridized carbons (Fsp3) is 0.556. The molecule has 1 aromatic carbocycles. The average molecular weight is 318 g/mol. The van der Waals surface area contributed by atoms with E-state index in [0.29, 0.717) is 6.42 Å². The molecule has 1 aromatic rings. The molecule has 2 atom stereocenters. The van der Waals surface area contributed by atoms with Crippen LogP contribution in [-0.4, -0.2) is 35.0 Å². The Morgan fingerprint density at radius 2 is 1.91 bits per heavy atom. The maximum Gasteiger partial charge on any atom is 0.326 e. The van der Waals surface area contributed by atoms with Crippen LogP contribution >= 0.6 is 0 Å². The van der Waals surface area contributed by atoms with Crippen LogP contribution < -0.4 is 5.73 Å². The van der Waals surface area contributed by atoms with Gasteiger partial charge in [0.05, 0.1) is 12.1 Å². The summed E-state index contributed by atoms with van der Waals surface area (Å²) in [5.41, 5.74) is 6.42. The van der Waals surface area contributed by atoms with Gasteiger partial charge in [-0.25, -0.2) is 0 Å². The highest BCUT2D eigenvalue weighted by atomic mass is 16.6. The Kier molecular flexibility index (Phi) is 5.42. The van der Waals surface area contributed by atoms with E-state index < -0.39 is 17.6 Å². The normalized spacial score (nSPS) is 22.6. The lowest BCUT2D eigenvalue weighted by molar-refractivity contribution is -0.160. The Labute approximate surface area is 137 Å². The number of carbonyl (C=O) groups is 2. The number of hydrogen-bond acceptors (Lipinski definition) is 4. The third-order valence-corrected chi connectivity index (χ3v) is 3.87. The minimum atomic E-state index is -0.573. The summed E-state index contributed by atoms with van der Waals surface area (Å²) in [6, 6.07) is 9.10. The van der Waals surface area contributed by atoms with Crippen molar-refractivity contribution < 1.29 is 14.3 Å². The zero-order valence-corrected chi connectivity index (χ0v) is 14.1. The molecule has 1 amide bonds. The van der Waals surface area contributed by atoms with Gasteiger partial charge in [-0.3, -0.25) is 9.59 Å². The molecule has 126 valence electrons. The average Bonchev–Trinajstić information content (AvgIpc) is 2.60. The number of carbonyl (C=O) groups excluding carboxylic acids is 2. The summed E-state index contributed by atoms with van der Waals surface area (Å²) in [6.07, 6.45) is 2.30. The van der Waals surface area contributed by atoms with Gasteiger partial charge in [0, 0.05) is 0 Å². The van der Waals surface area contributed by atoms with Crippen molar-refractivity contribution >= 4 is 11.9 Å². The third-order valence-electron chi connectivity index (χ3n) is 3.87. The van der Waals surface area contributed by atoms with Crippen LogP contribution in [0.5, 0.6) is 0 Å². The highest BCUT2D eigenvalue weighted by Crippen LogP contribution is 2.30. The number of likely N-dealkylation sites (tertiary alicyclic amines) is 1. The first-order chi connectivity index (χ1) is 10.8. The molecule has 0 radical (unpaired) electrons.